The van der Waals surface area contributed by atoms with Gasteiger partial charge in [0.1, 0.15) is 5.82 Å². The number of aliphatic hydroxyl groups is 1. The maximum Gasteiger partial charge on any atom is 0.240 e. The van der Waals surface area contributed by atoms with Gasteiger partial charge in [0.2, 0.25) is 10.0 Å². The second kappa shape index (κ2) is 6.19. The molecule has 0 spiro atoms. The lowest BCUT2D eigenvalue weighted by Gasteiger charge is -2.11. The van der Waals surface area contributed by atoms with E-state index in [-0.39, 0.29) is 16.5 Å². The zero-order valence-corrected chi connectivity index (χ0v) is 12.5. The molecule has 1 aromatic carbocycles. The van der Waals surface area contributed by atoms with Gasteiger partial charge in [-0.05, 0) is 40.6 Å². The molecule has 4 nitrogen and oxygen atoms in total. The predicted octanol–water partition coefficient (Wildman–Crippen LogP) is 2.55. The highest BCUT2D eigenvalue weighted by molar-refractivity contribution is 7.89. The second-order valence-electron chi connectivity index (χ2n) is 4.00. The first kappa shape index (κ1) is 15.4. The SMILES string of the molecule is O=S(=O)(NC[C@H](O)c1ccsc1)c1ccc(F)c(Cl)c1. The summed E-state index contributed by atoms with van der Waals surface area (Å²) in [5.74, 6) is -0.691. The molecule has 2 N–H and O–H groups in total. The largest absolute Gasteiger partial charge is 0.387 e. The van der Waals surface area contributed by atoms with Crippen LogP contribution in [0.2, 0.25) is 5.02 Å². The van der Waals surface area contributed by atoms with Gasteiger partial charge in [0, 0.05) is 6.54 Å². The van der Waals surface area contributed by atoms with E-state index in [1.54, 1.807) is 16.8 Å². The summed E-state index contributed by atoms with van der Waals surface area (Å²) in [6.07, 6.45) is -0.938. The zero-order valence-electron chi connectivity index (χ0n) is 10.1. The fourth-order valence-electron chi connectivity index (χ4n) is 1.50. The number of halogens is 2. The molecule has 0 aliphatic carbocycles. The highest BCUT2D eigenvalue weighted by atomic mass is 35.5. The number of rotatable bonds is 5. The molecule has 0 amide bonds. The Morgan fingerprint density at radius 3 is 2.75 bits per heavy atom. The van der Waals surface area contributed by atoms with Crippen LogP contribution in [0.4, 0.5) is 4.39 Å². The molecule has 2 aromatic rings. The highest BCUT2D eigenvalue weighted by Gasteiger charge is 2.18. The number of thiophene rings is 1. The van der Waals surface area contributed by atoms with Crippen molar-refractivity contribution in [3.63, 3.8) is 0 Å². The fourth-order valence-corrected chi connectivity index (χ4v) is 3.51. The first-order valence-electron chi connectivity index (χ1n) is 5.55. The predicted molar refractivity (Wildman–Crippen MR) is 75.9 cm³/mol. The number of hydrogen-bond donors (Lipinski definition) is 2. The Bertz CT molecular complexity index is 689. The zero-order chi connectivity index (χ0) is 14.8. The van der Waals surface area contributed by atoms with Crippen LogP contribution in [0.5, 0.6) is 0 Å². The van der Waals surface area contributed by atoms with Crippen LogP contribution in [0.25, 0.3) is 0 Å². The lowest BCUT2D eigenvalue weighted by molar-refractivity contribution is 0.182. The Kier molecular flexibility index (Phi) is 4.77. The van der Waals surface area contributed by atoms with Gasteiger partial charge in [-0.2, -0.15) is 11.3 Å². The maximum atomic E-state index is 13.0. The van der Waals surface area contributed by atoms with Gasteiger partial charge in [0.15, 0.2) is 0 Å². The van der Waals surface area contributed by atoms with E-state index in [1.165, 1.54) is 11.3 Å². The topological polar surface area (TPSA) is 66.4 Å². The lowest BCUT2D eigenvalue weighted by Crippen LogP contribution is -2.28. The summed E-state index contributed by atoms with van der Waals surface area (Å²) in [6, 6.07) is 4.82. The van der Waals surface area contributed by atoms with Gasteiger partial charge < -0.3 is 5.11 Å². The minimum absolute atomic E-state index is 0.151. The van der Waals surface area contributed by atoms with E-state index in [0.29, 0.717) is 5.56 Å². The van der Waals surface area contributed by atoms with Gasteiger partial charge in [-0.15, -0.1) is 0 Å². The van der Waals surface area contributed by atoms with Crippen molar-refractivity contribution >= 4 is 33.0 Å². The van der Waals surface area contributed by atoms with Crippen molar-refractivity contribution < 1.29 is 17.9 Å². The molecule has 108 valence electrons. The Morgan fingerprint density at radius 1 is 1.40 bits per heavy atom. The normalized spacial score (nSPS) is 13.3. The van der Waals surface area contributed by atoms with Gasteiger partial charge in [-0.3, -0.25) is 0 Å². The number of nitrogens with one attached hydrogen (secondary N) is 1. The van der Waals surface area contributed by atoms with E-state index in [4.69, 9.17) is 11.6 Å². The van der Waals surface area contributed by atoms with Crippen molar-refractivity contribution in [1.29, 1.82) is 0 Å². The molecule has 0 saturated carbocycles. The van der Waals surface area contributed by atoms with Crippen molar-refractivity contribution in [2.75, 3.05) is 6.54 Å². The number of benzene rings is 1. The molecule has 0 aliphatic rings. The molecular formula is C12H11ClFNO3S2. The van der Waals surface area contributed by atoms with Crippen LogP contribution < -0.4 is 4.72 Å². The summed E-state index contributed by atoms with van der Waals surface area (Å²) in [4.78, 5) is -0.151. The summed E-state index contributed by atoms with van der Waals surface area (Å²) >= 11 is 6.95. The van der Waals surface area contributed by atoms with Crippen molar-refractivity contribution in [1.82, 2.24) is 4.72 Å². The Morgan fingerprint density at radius 2 is 2.15 bits per heavy atom. The number of hydrogen-bond acceptors (Lipinski definition) is 4. The average Bonchev–Trinajstić information content (AvgIpc) is 2.93. The molecular weight excluding hydrogens is 325 g/mol. The molecule has 2 rings (SSSR count). The summed E-state index contributed by atoms with van der Waals surface area (Å²) in [5, 5.41) is 13.1. The van der Waals surface area contributed by atoms with E-state index in [0.717, 1.165) is 18.2 Å². The quantitative estimate of drug-likeness (QED) is 0.882. The van der Waals surface area contributed by atoms with Crippen LogP contribution in [0.15, 0.2) is 39.9 Å². The van der Waals surface area contributed by atoms with Crippen molar-refractivity contribution in [2.45, 2.75) is 11.0 Å². The monoisotopic (exact) mass is 335 g/mol. The molecule has 0 aliphatic heterocycles. The minimum atomic E-state index is -3.84. The third kappa shape index (κ3) is 3.56. The van der Waals surface area contributed by atoms with E-state index in [2.05, 4.69) is 4.72 Å². The van der Waals surface area contributed by atoms with Crippen LogP contribution in [-0.4, -0.2) is 20.1 Å². The van der Waals surface area contributed by atoms with Gasteiger partial charge in [0.25, 0.3) is 0 Å². The smallest absolute Gasteiger partial charge is 0.240 e. The van der Waals surface area contributed by atoms with Crippen LogP contribution in [0.1, 0.15) is 11.7 Å². The van der Waals surface area contributed by atoms with E-state index in [9.17, 15) is 17.9 Å². The summed E-state index contributed by atoms with van der Waals surface area (Å²) in [7, 11) is -3.84. The first-order valence-corrected chi connectivity index (χ1v) is 8.35. The molecule has 0 fully saturated rings. The summed E-state index contributed by atoms with van der Waals surface area (Å²) in [6.45, 7) is -0.173. The number of sulfonamides is 1. The molecule has 8 heteroatoms. The van der Waals surface area contributed by atoms with Gasteiger partial charge in [-0.25, -0.2) is 17.5 Å². The summed E-state index contributed by atoms with van der Waals surface area (Å²) < 4.78 is 39.2. The van der Waals surface area contributed by atoms with Gasteiger partial charge in [-0.1, -0.05) is 11.6 Å². The average molecular weight is 336 g/mol. The van der Waals surface area contributed by atoms with Crippen molar-refractivity contribution in [3.8, 4) is 0 Å². The van der Waals surface area contributed by atoms with Crippen LogP contribution in [0.3, 0.4) is 0 Å². The second-order valence-corrected chi connectivity index (χ2v) is 6.95. The highest BCUT2D eigenvalue weighted by Crippen LogP contribution is 2.20. The molecule has 1 aromatic heterocycles. The van der Waals surface area contributed by atoms with Gasteiger partial charge >= 0.3 is 0 Å². The van der Waals surface area contributed by atoms with Crippen molar-refractivity contribution in [2.24, 2.45) is 0 Å². The first-order chi connectivity index (χ1) is 9.40. The third-order valence-electron chi connectivity index (χ3n) is 2.60. The molecule has 0 unspecified atom stereocenters. The molecule has 20 heavy (non-hydrogen) atoms. The third-order valence-corrected chi connectivity index (χ3v) is 5.01. The van der Waals surface area contributed by atoms with E-state index in [1.807, 2.05) is 0 Å². The van der Waals surface area contributed by atoms with Crippen molar-refractivity contribution in [3.05, 3.63) is 51.4 Å². The molecule has 1 atom stereocenters. The molecule has 1 heterocycles. The molecule has 0 radical (unpaired) electrons. The maximum absolute atomic E-state index is 13.0. The molecule has 0 saturated heterocycles. The van der Waals surface area contributed by atoms with Crippen LogP contribution in [0, 0.1) is 5.82 Å². The fraction of sp³-hybridized carbons (Fsp3) is 0.167. The lowest BCUT2D eigenvalue weighted by atomic mass is 10.2. The van der Waals surface area contributed by atoms with Crippen LogP contribution >= 0.6 is 22.9 Å². The summed E-state index contributed by atoms with van der Waals surface area (Å²) in [5.41, 5.74) is 0.634. The Hall–Kier alpha value is -0.990. The Labute approximate surface area is 124 Å². The Balaban J connectivity index is 2.09. The number of aliphatic hydroxyl groups excluding tert-OH is 1. The van der Waals surface area contributed by atoms with E-state index < -0.39 is 21.9 Å². The molecule has 0 bridgehead atoms. The minimum Gasteiger partial charge on any atom is -0.387 e. The van der Waals surface area contributed by atoms with Gasteiger partial charge in [0.05, 0.1) is 16.0 Å². The standard InChI is InChI=1S/C12H11ClFNO3S2/c13-10-5-9(1-2-11(10)14)20(17,18)15-6-12(16)8-3-4-19-7-8/h1-5,7,12,15-16H,6H2/t12-/m0/s1. The van der Waals surface area contributed by atoms with Crippen LogP contribution in [-0.2, 0) is 10.0 Å². The van der Waals surface area contributed by atoms with E-state index >= 15 is 0 Å².